The molecule has 0 saturated heterocycles. The second kappa shape index (κ2) is 4.10. The van der Waals surface area contributed by atoms with Crippen LogP contribution >= 0.6 is 0 Å². The van der Waals surface area contributed by atoms with Crippen LogP contribution in [0.15, 0.2) is 54.6 Å². The van der Waals surface area contributed by atoms with Crippen molar-refractivity contribution in [2.24, 2.45) is 0 Å². The SMILES string of the molecule is [CH2]c1ccccc1.[CH]1c2cccc1c2. The molecule has 0 heteroatoms. The number of benzene rings is 2. The van der Waals surface area contributed by atoms with Crippen LogP contribution in [0.5, 0.6) is 0 Å². The van der Waals surface area contributed by atoms with E-state index in [2.05, 4.69) is 37.6 Å². The minimum absolute atomic E-state index is 1.07. The highest BCUT2D eigenvalue weighted by molar-refractivity contribution is 5.48. The number of hydrogen-bond donors (Lipinski definition) is 0. The third-order valence-electron chi connectivity index (χ3n) is 2.09. The van der Waals surface area contributed by atoms with Gasteiger partial charge in [-0.05, 0) is 23.6 Å². The Morgan fingerprint density at radius 1 is 0.714 bits per heavy atom. The number of fused-ring (bicyclic) bond motifs is 2. The molecule has 0 atom stereocenters. The fraction of sp³-hybridized carbons (Fsp3) is 0. The van der Waals surface area contributed by atoms with E-state index in [9.17, 15) is 0 Å². The van der Waals surface area contributed by atoms with Gasteiger partial charge in [-0.1, -0.05) is 54.6 Å². The minimum atomic E-state index is 1.07. The predicted octanol–water partition coefficient (Wildman–Crippen LogP) is 3.47. The number of rotatable bonds is 0. The molecule has 4 rings (SSSR count). The maximum absolute atomic E-state index is 3.72. The molecule has 2 radical (unpaired) electrons. The van der Waals surface area contributed by atoms with Crippen LogP contribution in [0, 0.1) is 13.3 Å². The standard InChI is InChI=1S/C7H5.C7H7/c1-2-6-4-7(3-1)5-6;1-7-5-3-2-4-6-7/h1-5H;2-6H,1H2. The van der Waals surface area contributed by atoms with Crippen molar-refractivity contribution in [3.8, 4) is 0 Å². The van der Waals surface area contributed by atoms with Crippen LogP contribution in [0.2, 0.25) is 0 Å². The molecule has 0 N–H and O–H groups in total. The summed E-state index contributed by atoms with van der Waals surface area (Å²) in [6.07, 6.45) is 2.17. The molecule has 0 amide bonds. The molecular weight excluding hydrogens is 168 g/mol. The Balaban J connectivity index is 0.000000107. The van der Waals surface area contributed by atoms with E-state index in [1.807, 2.05) is 30.3 Å². The summed E-state index contributed by atoms with van der Waals surface area (Å²) in [5, 5.41) is 0. The topological polar surface area (TPSA) is 0 Å². The van der Waals surface area contributed by atoms with E-state index in [1.54, 1.807) is 0 Å². The lowest BCUT2D eigenvalue weighted by Crippen LogP contribution is -1.94. The molecular formula is C14H12. The van der Waals surface area contributed by atoms with Crippen molar-refractivity contribution >= 4 is 0 Å². The Bertz CT molecular complexity index is 358. The zero-order valence-corrected chi connectivity index (χ0v) is 7.98. The van der Waals surface area contributed by atoms with Crippen molar-refractivity contribution in [1.29, 1.82) is 0 Å². The van der Waals surface area contributed by atoms with Crippen molar-refractivity contribution < 1.29 is 0 Å². The monoisotopic (exact) mass is 180 g/mol. The van der Waals surface area contributed by atoms with Crippen LogP contribution < -0.4 is 0 Å². The van der Waals surface area contributed by atoms with Crippen molar-refractivity contribution in [1.82, 2.24) is 0 Å². The van der Waals surface area contributed by atoms with Gasteiger partial charge >= 0.3 is 0 Å². The third kappa shape index (κ3) is 2.23. The lowest BCUT2D eigenvalue weighted by atomic mass is 9.94. The summed E-state index contributed by atoms with van der Waals surface area (Å²) in [4.78, 5) is 0. The summed E-state index contributed by atoms with van der Waals surface area (Å²) >= 11 is 0. The fourth-order valence-corrected chi connectivity index (χ4v) is 1.31. The van der Waals surface area contributed by atoms with Gasteiger partial charge in [0, 0.05) is 6.42 Å². The van der Waals surface area contributed by atoms with Gasteiger partial charge in [0.2, 0.25) is 0 Å². The summed E-state index contributed by atoms with van der Waals surface area (Å²) in [6, 6.07) is 18.3. The van der Waals surface area contributed by atoms with Crippen LogP contribution in [0.4, 0.5) is 0 Å². The lowest BCUT2D eigenvalue weighted by Gasteiger charge is -2.11. The number of hydrogen-bond acceptors (Lipinski definition) is 0. The molecule has 2 aliphatic rings. The van der Waals surface area contributed by atoms with Crippen LogP contribution in [0.25, 0.3) is 0 Å². The van der Waals surface area contributed by atoms with Gasteiger partial charge < -0.3 is 0 Å². The maximum Gasteiger partial charge on any atom is 0.0199 e. The van der Waals surface area contributed by atoms with Crippen LogP contribution in [0.3, 0.4) is 0 Å². The Morgan fingerprint density at radius 2 is 1.29 bits per heavy atom. The first kappa shape index (κ1) is 9.01. The summed E-state index contributed by atoms with van der Waals surface area (Å²) in [7, 11) is 0. The van der Waals surface area contributed by atoms with Crippen molar-refractivity contribution in [3.63, 3.8) is 0 Å². The van der Waals surface area contributed by atoms with Gasteiger partial charge in [0.15, 0.2) is 0 Å². The molecule has 0 aromatic heterocycles. The summed E-state index contributed by atoms with van der Waals surface area (Å²) in [6.45, 7) is 3.72. The Labute approximate surface area is 85.2 Å². The molecule has 14 heavy (non-hydrogen) atoms. The van der Waals surface area contributed by atoms with Gasteiger partial charge in [0.05, 0.1) is 0 Å². The highest BCUT2D eigenvalue weighted by Crippen LogP contribution is 2.21. The molecule has 68 valence electrons. The summed E-state index contributed by atoms with van der Waals surface area (Å²) in [5.74, 6) is 0. The third-order valence-corrected chi connectivity index (χ3v) is 2.09. The zero-order valence-electron chi connectivity index (χ0n) is 7.98. The van der Waals surface area contributed by atoms with Gasteiger partial charge in [-0.2, -0.15) is 0 Å². The van der Waals surface area contributed by atoms with E-state index < -0.39 is 0 Å². The maximum atomic E-state index is 3.72. The first-order chi connectivity index (χ1) is 6.84. The Kier molecular flexibility index (Phi) is 2.64. The quantitative estimate of drug-likeness (QED) is 0.497. The van der Waals surface area contributed by atoms with Crippen molar-refractivity contribution in [2.75, 3.05) is 0 Å². The molecule has 0 fully saturated rings. The summed E-state index contributed by atoms with van der Waals surface area (Å²) < 4.78 is 0. The normalized spacial score (nSPS) is 10.9. The van der Waals surface area contributed by atoms with Crippen LogP contribution in [-0.2, 0) is 0 Å². The molecule has 0 spiro atoms. The first-order valence-electron chi connectivity index (χ1n) is 4.66. The molecule has 0 unspecified atom stereocenters. The molecule has 0 nitrogen and oxygen atoms in total. The molecule has 0 heterocycles. The smallest absolute Gasteiger partial charge is 0.0199 e. The molecule has 2 aromatic carbocycles. The average molecular weight is 180 g/mol. The van der Waals surface area contributed by atoms with E-state index in [1.165, 1.54) is 11.1 Å². The van der Waals surface area contributed by atoms with Crippen molar-refractivity contribution in [3.05, 3.63) is 84.6 Å². The van der Waals surface area contributed by atoms with Crippen LogP contribution in [-0.4, -0.2) is 0 Å². The van der Waals surface area contributed by atoms with Gasteiger partial charge in [-0.15, -0.1) is 0 Å². The highest BCUT2D eigenvalue weighted by Gasteiger charge is 2.04. The van der Waals surface area contributed by atoms with Gasteiger partial charge in [0.1, 0.15) is 0 Å². The van der Waals surface area contributed by atoms with E-state index >= 15 is 0 Å². The Hall–Kier alpha value is -1.56. The van der Waals surface area contributed by atoms with Crippen molar-refractivity contribution in [2.45, 2.75) is 0 Å². The van der Waals surface area contributed by atoms with Gasteiger partial charge in [-0.3, -0.25) is 0 Å². The second-order valence-corrected chi connectivity index (χ2v) is 3.30. The molecule has 2 bridgehead atoms. The zero-order chi connectivity index (χ0) is 9.80. The van der Waals surface area contributed by atoms with E-state index in [0.29, 0.717) is 0 Å². The first-order valence-corrected chi connectivity index (χ1v) is 4.66. The second-order valence-electron chi connectivity index (χ2n) is 3.30. The largest absolute Gasteiger partial charge is 0.0622 e. The van der Waals surface area contributed by atoms with E-state index in [-0.39, 0.29) is 0 Å². The van der Waals surface area contributed by atoms with Crippen LogP contribution in [0.1, 0.15) is 16.7 Å². The van der Waals surface area contributed by atoms with Gasteiger partial charge in [0.25, 0.3) is 0 Å². The molecule has 2 aliphatic carbocycles. The Morgan fingerprint density at radius 3 is 1.50 bits per heavy atom. The average Bonchev–Trinajstić information content (AvgIpc) is 2.20. The van der Waals surface area contributed by atoms with E-state index in [4.69, 9.17) is 0 Å². The minimum Gasteiger partial charge on any atom is -0.0622 e. The molecule has 0 aliphatic heterocycles. The summed E-state index contributed by atoms with van der Waals surface area (Å²) in [5.41, 5.74) is 3.79. The van der Waals surface area contributed by atoms with Gasteiger partial charge in [-0.25, -0.2) is 0 Å². The lowest BCUT2D eigenvalue weighted by molar-refractivity contribution is 1.32. The predicted molar refractivity (Wildman–Crippen MR) is 59.8 cm³/mol. The fourth-order valence-electron chi connectivity index (χ4n) is 1.31. The highest BCUT2D eigenvalue weighted by atomic mass is 14.1. The van der Waals surface area contributed by atoms with E-state index in [0.717, 1.165) is 5.56 Å². The molecule has 0 saturated carbocycles. The molecule has 2 aromatic rings.